The van der Waals surface area contributed by atoms with Gasteiger partial charge >= 0.3 is 0 Å². The summed E-state index contributed by atoms with van der Waals surface area (Å²) in [5.41, 5.74) is 2.79. The molecule has 0 N–H and O–H groups in total. The molecule has 3 aromatic carbocycles. The van der Waals surface area contributed by atoms with E-state index in [1.54, 1.807) is 24.3 Å². The summed E-state index contributed by atoms with van der Waals surface area (Å²) in [5, 5.41) is 23.7. The Morgan fingerprint density at radius 2 is 1.36 bits per heavy atom. The van der Waals surface area contributed by atoms with Gasteiger partial charge in [-0.1, -0.05) is 24.3 Å². The highest BCUT2D eigenvalue weighted by molar-refractivity contribution is 6.19. The zero-order valence-electron chi connectivity index (χ0n) is 11.1. The van der Waals surface area contributed by atoms with Crippen molar-refractivity contribution < 1.29 is 9.85 Å². The molecule has 0 aromatic heterocycles. The van der Waals surface area contributed by atoms with Crippen molar-refractivity contribution >= 4 is 22.1 Å². The molecule has 6 nitrogen and oxygen atoms in total. The molecule has 3 aromatic rings. The zero-order chi connectivity index (χ0) is 15.4. The largest absolute Gasteiger partial charge is 0.277 e. The first-order valence-electron chi connectivity index (χ1n) is 6.58. The Balaban J connectivity index is 2.20. The maximum atomic E-state index is 11.3. The van der Waals surface area contributed by atoms with Gasteiger partial charge in [0.25, 0.3) is 11.4 Å². The molecule has 106 valence electrons. The lowest BCUT2D eigenvalue weighted by atomic mass is 10.0. The summed E-state index contributed by atoms with van der Waals surface area (Å²) >= 11 is 0. The topological polar surface area (TPSA) is 86.3 Å². The van der Waals surface area contributed by atoms with Gasteiger partial charge in [0.15, 0.2) is 0 Å². The summed E-state index contributed by atoms with van der Waals surface area (Å²) in [4.78, 5) is 21.7. The fraction of sp³-hybridized carbons (Fsp3) is 0. The molecule has 0 unspecified atom stereocenters. The van der Waals surface area contributed by atoms with E-state index in [1.807, 2.05) is 12.1 Å². The second-order valence-corrected chi connectivity index (χ2v) is 5.07. The second kappa shape index (κ2) is 4.11. The van der Waals surface area contributed by atoms with Crippen molar-refractivity contribution in [3.63, 3.8) is 0 Å². The van der Waals surface area contributed by atoms with E-state index >= 15 is 0 Å². The lowest BCUT2D eigenvalue weighted by Gasteiger charge is -2.03. The number of benzene rings is 3. The highest BCUT2D eigenvalue weighted by Crippen LogP contribution is 2.52. The predicted molar refractivity (Wildman–Crippen MR) is 81.7 cm³/mol. The number of hydrogen-bond acceptors (Lipinski definition) is 4. The molecule has 6 heteroatoms. The van der Waals surface area contributed by atoms with Crippen molar-refractivity contribution in [1.29, 1.82) is 0 Å². The van der Waals surface area contributed by atoms with Gasteiger partial charge in [0.1, 0.15) is 0 Å². The first-order valence-corrected chi connectivity index (χ1v) is 6.58. The van der Waals surface area contributed by atoms with E-state index in [9.17, 15) is 20.2 Å². The molecule has 0 amide bonds. The fourth-order valence-electron chi connectivity index (χ4n) is 3.18. The predicted octanol–water partition coefficient (Wildman–Crippen LogP) is 4.30. The molecule has 0 radical (unpaired) electrons. The molecule has 1 aliphatic carbocycles. The third-order valence-electron chi connectivity index (χ3n) is 4.01. The van der Waals surface area contributed by atoms with Crippen molar-refractivity contribution in [1.82, 2.24) is 0 Å². The van der Waals surface area contributed by atoms with E-state index in [0.717, 1.165) is 11.1 Å². The molecular formula is C16H8N2O4. The van der Waals surface area contributed by atoms with Crippen LogP contribution < -0.4 is 0 Å². The Bertz CT molecular complexity index is 995. The number of nitro groups is 2. The van der Waals surface area contributed by atoms with Gasteiger partial charge < -0.3 is 0 Å². The minimum atomic E-state index is -0.430. The normalized spacial score (nSPS) is 11.5. The number of non-ortho nitro benzene ring substituents is 1. The Hall–Kier alpha value is -3.28. The minimum Gasteiger partial charge on any atom is -0.258 e. The molecule has 4 rings (SSSR count). The second-order valence-electron chi connectivity index (χ2n) is 5.07. The first kappa shape index (κ1) is 12.5. The van der Waals surface area contributed by atoms with Gasteiger partial charge in [0, 0.05) is 17.5 Å². The lowest BCUT2D eigenvalue weighted by Crippen LogP contribution is -1.92. The fourth-order valence-corrected chi connectivity index (χ4v) is 3.18. The molecular weight excluding hydrogens is 284 g/mol. The van der Waals surface area contributed by atoms with Gasteiger partial charge in [-0.05, 0) is 28.8 Å². The maximum Gasteiger partial charge on any atom is 0.277 e. The Morgan fingerprint density at radius 1 is 0.682 bits per heavy atom. The third kappa shape index (κ3) is 1.43. The summed E-state index contributed by atoms with van der Waals surface area (Å²) in [7, 11) is 0. The molecule has 0 spiro atoms. The van der Waals surface area contributed by atoms with Gasteiger partial charge in [-0.25, -0.2) is 0 Å². The number of fused-ring (bicyclic) bond motifs is 3. The minimum absolute atomic E-state index is 0.0102. The molecule has 0 heterocycles. The van der Waals surface area contributed by atoms with Crippen molar-refractivity contribution in [3.8, 4) is 22.3 Å². The molecule has 22 heavy (non-hydrogen) atoms. The van der Waals surface area contributed by atoms with Gasteiger partial charge in [-0.15, -0.1) is 0 Å². The summed E-state index contributed by atoms with van der Waals surface area (Å²) < 4.78 is 0. The van der Waals surface area contributed by atoms with Crippen LogP contribution in [-0.4, -0.2) is 9.85 Å². The monoisotopic (exact) mass is 292 g/mol. The molecule has 0 saturated heterocycles. The van der Waals surface area contributed by atoms with E-state index in [1.165, 1.54) is 12.1 Å². The quantitative estimate of drug-likeness (QED) is 0.407. The van der Waals surface area contributed by atoms with Gasteiger partial charge in [-0.2, -0.15) is 0 Å². The summed E-state index contributed by atoms with van der Waals surface area (Å²) in [5.74, 6) is 0. The SMILES string of the molecule is O=[N+]([O-])c1cccc2c1-c1ccc([N+](=O)[O-])c3cccc-2c13. The van der Waals surface area contributed by atoms with Crippen molar-refractivity contribution in [2.75, 3.05) is 0 Å². The molecule has 0 bridgehead atoms. The van der Waals surface area contributed by atoms with Crippen LogP contribution in [0.15, 0.2) is 48.5 Å². The molecule has 0 saturated carbocycles. The number of hydrogen-bond donors (Lipinski definition) is 0. The summed E-state index contributed by atoms with van der Waals surface area (Å²) in [6.45, 7) is 0. The molecule has 0 fully saturated rings. The standard InChI is InChI=1S/C16H8N2O4/c19-17(20)13-8-7-12-15-9(3-1-5-11(13)15)10-4-2-6-14(16(10)12)18(21)22/h1-8H. The van der Waals surface area contributed by atoms with Crippen molar-refractivity contribution in [2.45, 2.75) is 0 Å². The van der Waals surface area contributed by atoms with Gasteiger partial charge in [-0.3, -0.25) is 20.2 Å². The van der Waals surface area contributed by atoms with Crippen LogP contribution in [0.4, 0.5) is 11.4 Å². The van der Waals surface area contributed by atoms with E-state index in [0.29, 0.717) is 21.9 Å². The van der Waals surface area contributed by atoms with Crippen LogP contribution in [0.25, 0.3) is 33.0 Å². The molecule has 1 aliphatic rings. The van der Waals surface area contributed by atoms with E-state index in [4.69, 9.17) is 0 Å². The van der Waals surface area contributed by atoms with E-state index < -0.39 is 9.85 Å². The van der Waals surface area contributed by atoms with Crippen LogP contribution in [0.1, 0.15) is 0 Å². The Labute approximate surface area is 123 Å². The Kier molecular flexibility index (Phi) is 2.33. The highest BCUT2D eigenvalue weighted by Gasteiger charge is 2.30. The van der Waals surface area contributed by atoms with Crippen LogP contribution in [0, 0.1) is 20.2 Å². The average molecular weight is 292 g/mol. The van der Waals surface area contributed by atoms with Crippen LogP contribution in [0.3, 0.4) is 0 Å². The smallest absolute Gasteiger partial charge is 0.258 e. The maximum absolute atomic E-state index is 11.3. The van der Waals surface area contributed by atoms with Crippen LogP contribution in [-0.2, 0) is 0 Å². The van der Waals surface area contributed by atoms with Crippen molar-refractivity contribution in [2.24, 2.45) is 0 Å². The van der Waals surface area contributed by atoms with Crippen LogP contribution in [0.2, 0.25) is 0 Å². The molecule has 0 atom stereocenters. The lowest BCUT2D eigenvalue weighted by molar-refractivity contribution is -0.384. The highest BCUT2D eigenvalue weighted by atomic mass is 16.6. The van der Waals surface area contributed by atoms with E-state index in [-0.39, 0.29) is 11.4 Å². The van der Waals surface area contributed by atoms with Gasteiger partial charge in [0.05, 0.1) is 20.8 Å². The van der Waals surface area contributed by atoms with Crippen molar-refractivity contribution in [3.05, 3.63) is 68.8 Å². The Morgan fingerprint density at radius 3 is 2.09 bits per heavy atom. The van der Waals surface area contributed by atoms with Crippen LogP contribution in [0.5, 0.6) is 0 Å². The third-order valence-corrected chi connectivity index (χ3v) is 4.01. The van der Waals surface area contributed by atoms with Gasteiger partial charge in [0.2, 0.25) is 0 Å². The van der Waals surface area contributed by atoms with E-state index in [2.05, 4.69) is 0 Å². The van der Waals surface area contributed by atoms with Crippen LogP contribution >= 0.6 is 0 Å². The first-order chi connectivity index (χ1) is 10.6. The number of rotatable bonds is 2. The number of nitro benzene ring substituents is 2. The summed E-state index contributed by atoms with van der Waals surface area (Å²) in [6, 6.07) is 13.2. The molecule has 0 aliphatic heterocycles. The average Bonchev–Trinajstić information content (AvgIpc) is 2.84. The number of nitrogens with zero attached hydrogens (tertiary/aromatic N) is 2. The summed E-state index contributed by atoms with van der Waals surface area (Å²) in [6.07, 6.45) is 0. The zero-order valence-corrected chi connectivity index (χ0v) is 11.1.